The Morgan fingerprint density at radius 3 is 1.22 bits per heavy atom. The smallest absolute Gasteiger partial charge is 0.00109 e. The van der Waals surface area contributed by atoms with Gasteiger partial charge in [0.2, 0.25) is 0 Å². The van der Waals surface area contributed by atoms with Crippen molar-refractivity contribution in [2.75, 3.05) is 0 Å². The monoisotopic (exact) mass is 865 g/mol. The molecule has 0 amide bonds. The van der Waals surface area contributed by atoms with Crippen LogP contribution in [0.3, 0.4) is 0 Å². The molecule has 0 aliphatic heterocycles. The lowest BCUT2D eigenvalue weighted by atomic mass is 9.77. The van der Waals surface area contributed by atoms with Crippen LogP contribution in [-0.4, -0.2) is 0 Å². The average Bonchev–Trinajstić information content (AvgIpc) is 3.65. The van der Waals surface area contributed by atoms with Gasteiger partial charge in [0.15, 0.2) is 0 Å². The summed E-state index contributed by atoms with van der Waals surface area (Å²) in [6, 6.07) is 39.0. The summed E-state index contributed by atoms with van der Waals surface area (Å²) in [6.07, 6.45) is 32.2. The first-order chi connectivity index (χ1) is 32.0. The van der Waals surface area contributed by atoms with Crippen molar-refractivity contribution < 1.29 is 0 Å². The van der Waals surface area contributed by atoms with Gasteiger partial charge in [0, 0.05) is 0 Å². The highest BCUT2D eigenvalue weighted by atomic mass is 14.3. The third-order valence-corrected chi connectivity index (χ3v) is 15.0. The number of rotatable bonds is 28. The van der Waals surface area contributed by atoms with Gasteiger partial charge in [-0.1, -0.05) is 239 Å². The lowest BCUT2D eigenvalue weighted by Gasteiger charge is -2.26. The van der Waals surface area contributed by atoms with E-state index in [1.165, 1.54) is 224 Å². The van der Waals surface area contributed by atoms with E-state index in [9.17, 15) is 0 Å². The first-order valence-corrected chi connectivity index (χ1v) is 27.0. The Bertz CT molecular complexity index is 2400. The van der Waals surface area contributed by atoms with Gasteiger partial charge in [-0.05, 0) is 159 Å². The Hall–Kier alpha value is -4.42. The zero-order chi connectivity index (χ0) is 45.4. The molecule has 0 atom stereocenters. The second kappa shape index (κ2) is 24.9. The normalized spacial score (nSPS) is 11.8. The molecule has 0 saturated carbocycles. The van der Waals surface area contributed by atoms with Gasteiger partial charge in [0.05, 0.1) is 0 Å². The molecule has 6 aromatic carbocycles. The van der Waals surface area contributed by atoms with Gasteiger partial charge in [-0.3, -0.25) is 0 Å². The Balaban J connectivity index is 1.41. The van der Waals surface area contributed by atoms with Crippen LogP contribution < -0.4 is 0 Å². The fraction of sp³-hybridized carbons (Fsp3) is 0.477. The minimum Gasteiger partial charge on any atom is -0.0654 e. The van der Waals surface area contributed by atoms with Crippen molar-refractivity contribution in [3.8, 4) is 55.6 Å². The molecule has 0 nitrogen and oxygen atoms in total. The molecule has 0 N–H and O–H groups in total. The number of aryl methyl sites for hydroxylation is 4. The number of benzene rings is 6. The summed E-state index contributed by atoms with van der Waals surface area (Å²) in [7, 11) is 0. The van der Waals surface area contributed by atoms with Crippen LogP contribution in [0.2, 0.25) is 0 Å². The van der Waals surface area contributed by atoms with E-state index in [0.717, 1.165) is 19.3 Å². The van der Waals surface area contributed by atoms with Crippen LogP contribution in [0.5, 0.6) is 0 Å². The highest BCUT2D eigenvalue weighted by Crippen LogP contribution is 2.57. The third-order valence-electron chi connectivity index (χ3n) is 15.0. The van der Waals surface area contributed by atoms with Crippen molar-refractivity contribution in [2.45, 2.75) is 202 Å². The molecule has 0 radical (unpaired) electrons. The number of fused-ring (bicyclic) bond motifs is 3. The maximum atomic E-state index is 2.60. The van der Waals surface area contributed by atoms with Gasteiger partial charge in [-0.2, -0.15) is 0 Å². The highest BCUT2D eigenvalue weighted by Gasteiger charge is 2.32. The molecule has 0 heteroatoms. The second-order valence-corrected chi connectivity index (χ2v) is 20.1. The quantitative estimate of drug-likeness (QED) is 0.0430. The molecule has 344 valence electrons. The largest absolute Gasteiger partial charge is 0.0654 e. The standard InChI is InChI=1S/C65H84/c1-7-11-15-19-21-23-27-35-56-57(34-26-22-20-16-12-8-2)63(65-59-37-29-33-51-32-28-36-58(61(51)59)64(65)62(56)52-40-38-48(5)39-41-52)53-44-42-50(43-45-53)60-47-54(30-24-17-13-9-3)49(6)46-55(60)31-25-18-14-10-4/h28-29,32-33,36-47H,7-27,30-31,34-35H2,1-6H3. The minimum absolute atomic E-state index is 1.13. The van der Waals surface area contributed by atoms with E-state index < -0.39 is 0 Å². The maximum Gasteiger partial charge on any atom is -0.00109 e. The molecule has 0 heterocycles. The van der Waals surface area contributed by atoms with Gasteiger partial charge in [-0.15, -0.1) is 0 Å². The van der Waals surface area contributed by atoms with Crippen molar-refractivity contribution in [1.82, 2.24) is 0 Å². The number of hydrogen-bond acceptors (Lipinski definition) is 0. The first-order valence-electron chi connectivity index (χ1n) is 27.0. The average molecular weight is 865 g/mol. The van der Waals surface area contributed by atoms with E-state index in [2.05, 4.69) is 139 Å². The summed E-state index contributed by atoms with van der Waals surface area (Å²) in [5.41, 5.74) is 23.6. The molecular weight excluding hydrogens is 781 g/mol. The van der Waals surface area contributed by atoms with Crippen LogP contribution in [-0.2, 0) is 25.7 Å². The molecule has 0 unspecified atom stereocenters. The molecule has 0 saturated heterocycles. The molecule has 0 bridgehead atoms. The Labute approximate surface area is 397 Å². The van der Waals surface area contributed by atoms with Crippen molar-refractivity contribution in [3.63, 3.8) is 0 Å². The zero-order valence-electron chi connectivity index (χ0n) is 41.9. The summed E-state index contributed by atoms with van der Waals surface area (Å²) < 4.78 is 0. The van der Waals surface area contributed by atoms with Gasteiger partial charge in [0.25, 0.3) is 0 Å². The van der Waals surface area contributed by atoms with Gasteiger partial charge in [0.1, 0.15) is 0 Å². The summed E-state index contributed by atoms with van der Waals surface area (Å²) in [6.45, 7) is 13.9. The van der Waals surface area contributed by atoms with E-state index in [0.29, 0.717) is 0 Å². The second-order valence-electron chi connectivity index (χ2n) is 20.1. The van der Waals surface area contributed by atoms with Crippen LogP contribution in [0.15, 0.2) is 97.1 Å². The van der Waals surface area contributed by atoms with Gasteiger partial charge in [-0.25, -0.2) is 0 Å². The van der Waals surface area contributed by atoms with E-state index in [4.69, 9.17) is 0 Å². The van der Waals surface area contributed by atoms with E-state index in [1.54, 1.807) is 16.7 Å². The van der Waals surface area contributed by atoms with Crippen LogP contribution in [0.4, 0.5) is 0 Å². The molecule has 7 rings (SSSR count). The van der Waals surface area contributed by atoms with Gasteiger partial charge < -0.3 is 0 Å². The predicted molar refractivity (Wildman–Crippen MR) is 289 cm³/mol. The SMILES string of the molecule is CCCCCCCCCc1c(CCCCCCCC)c(-c2ccc(-c3cc(CCCCCC)c(C)cc3CCCCCC)cc2)c2c(c1-c1ccc(C)cc1)-c1cccc3cccc-2c13. The summed E-state index contributed by atoms with van der Waals surface area (Å²) in [5, 5.41) is 2.79. The van der Waals surface area contributed by atoms with Crippen LogP contribution in [0, 0.1) is 13.8 Å². The Morgan fingerprint density at radius 2 is 0.723 bits per heavy atom. The van der Waals surface area contributed by atoms with Crippen molar-refractivity contribution >= 4 is 10.8 Å². The fourth-order valence-corrected chi connectivity index (χ4v) is 11.3. The third kappa shape index (κ3) is 11.9. The van der Waals surface area contributed by atoms with Crippen LogP contribution in [0.1, 0.15) is 196 Å². The molecule has 6 aromatic rings. The first kappa shape index (κ1) is 48.5. The highest BCUT2D eigenvalue weighted by molar-refractivity contribution is 6.22. The lowest BCUT2D eigenvalue weighted by molar-refractivity contribution is 0.587. The molecule has 0 fully saturated rings. The molecule has 0 aromatic heterocycles. The number of hydrogen-bond donors (Lipinski definition) is 0. The molecule has 0 spiro atoms. The zero-order valence-corrected chi connectivity index (χ0v) is 41.9. The Kier molecular flexibility index (Phi) is 18.6. The minimum atomic E-state index is 1.13. The summed E-state index contributed by atoms with van der Waals surface area (Å²) >= 11 is 0. The molecular formula is C65H84. The Morgan fingerprint density at radius 1 is 0.323 bits per heavy atom. The fourth-order valence-electron chi connectivity index (χ4n) is 11.3. The maximum absolute atomic E-state index is 2.60. The molecule has 1 aliphatic carbocycles. The van der Waals surface area contributed by atoms with E-state index in [-0.39, 0.29) is 0 Å². The molecule has 1 aliphatic rings. The van der Waals surface area contributed by atoms with Crippen molar-refractivity contribution in [1.29, 1.82) is 0 Å². The van der Waals surface area contributed by atoms with Crippen LogP contribution in [0.25, 0.3) is 66.4 Å². The summed E-state index contributed by atoms with van der Waals surface area (Å²) in [5.74, 6) is 0. The van der Waals surface area contributed by atoms with Gasteiger partial charge >= 0.3 is 0 Å². The molecule has 65 heavy (non-hydrogen) atoms. The number of unbranched alkanes of at least 4 members (excludes halogenated alkanes) is 17. The topological polar surface area (TPSA) is 0 Å². The lowest BCUT2D eigenvalue weighted by Crippen LogP contribution is -2.06. The van der Waals surface area contributed by atoms with Crippen LogP contribution >= 0.6 is 0 Å². The predicted octanol–water partition coefficient (Wildman–Crippen LogP) is 20.5. The van der Waals surface area contributed by atoms with E-state index in [1.807, 2.05) is 0 Å². The van der Waals surface area contributed by atoms with Crippen molar-refractivity contribution in [2.24, 2.45) is 0 Å². The van der Waals surface area contributed by atoms with E-state index >= 15 is 0 Å². The van der Waals surface area contributed by atoms with Crippen molar-refractivity contribution in [3.05, 3.63) is 130 Å². The summed E-state index contributed by atoms with van der Waals surface area (Å²) in [4.78, 5) is 0.